The molecule has 0 bridgehead atoms. The Morgan fingerprint density at radius 1 is 0.897 bits per heavy atom. The lowest BCUT2D eigenvalue weighted by atomic mass is 9.85. The van der Waals surface area contributed by atoms with Gasteiger partial charge in [0.1, 0.15) is 24.2 Å². The first kappa shape index (κ1) is 30.4. The minimum Gasteiger partial charge on any atom is -0.480 e. The van der Waals surface area contributed by atoms with E-state index in [0.717, 1.165) is 0 Å². The van der Waals surface area contributed by atoms with Crippen LogP contribution in [0.5, 0.6) is 0 Å². The summed E-state index contributed by atoms with van der Waals surface area (Å²) in [5.74, 6) is -4.45. The van der Waals surface area contributed by atoms with Gasteiger partial charge < -0.3 is 31.7 Å². The average molecular weight is 550 g/mol. The van der Waals surface area contributed by atoms with Crippen LogP contribution in [-0.2, 0) is 24.0 Å². The number of aliphatic carboxylic acids is 1. The molecule has 6 atom stereocenters. The highest BCUT2D eigenvalue weighted by Gasteiger charge is 2.70. The summed E-state index contributed by atoms with van der Waals surface area (Å²) in [6.45, 7) is 14.7. The fraction of sp³-hybridized carbons (Fsp3) is 0.778. The molecule has 12 heteroatoms. The highest BCUT2D eigenvalue weighted by Crippen LogP contribution is 2.65. The second kappa shape index (κ2) is 10.1. The number of nitrogens with one attached hydrogen (secondary N) is 3. The summed E-state index contributed by atoms with van der Waals surface area (Å²) in [7, 11) is 0. The standard InChI is InChI=1S/C27H43N5O7/c1-25(2,3)18(30-24(39)31-19(23(37)38)26(4,5)6)22(36)32-11-13-14(27(13,7)8)16(32)21(35)29-15(12-9-10-12)17(33)20(28)34/h12-16,18-19H,9-11H2,1-8H3,(H2,28,34)(H,29,35)(H,37,38)(H2,30,31,39)/t13-,14-,15?,16-,18+,19+/m0/s1. The van der Waals surface area contributed by atoms with Gasteiger partial charge in [-0.25, -0.2) is 9.59 Å². The first-order valence-corrected chi connectivity index (χ1v) is 13.4. The smallest absolute Gasteiger partial charge is 0.326 e. The van der Waals surface area contributed by atoms with Crippen LogP contribution in [0.3, 0.4) is 0 Å². The molecule has 1 aliphatic heterocycles. The Balaban J connectivity index is 1.84. The van der Waals surface area contributed by atoms with E-state index >= 15 is 0 Å². The molecule has 1 saturated heterocycles. The summed E-state index contributed by atoms with van der Waals surface area (Å²) >= 11 is 0. The van der Waals surface area contributed by atoms with E-state index in [-0.39, 0.29) is 23.2 Å². The fourth-order valence-corrected chi connectivity index (χ4v) is 5.80. The highest BCUT2D eigenvalue weighted by atomic mass is 16.4. The SMILES string of the molecule is CC(C)(C)[C@H](NC(=O)N[C@H](C(=O)N1C[C@H]2[C@@H]([C@H]1C(=O)NC(C(=O)C(N)=O)C1CC1)C2(C)C)C(C)(C)C)C(=O)O. The third kappa shape index (κ3) is 6.19. The number of carboxylic acid groups (broad SMARTS) is 1. The lowest BCUT2D eigenvalue weighted by molar-refractivity contribution is -0.145. The van der Waals surface area contributed by atoms with Gasteiger partial charge in [-0.2, -0.15) is 0 Å². The van der Waals surface area contributed by atoms with Gasteiger partial charge in [0.2, 0.25) is 17.6 Å². The maximum Gasteiger partial charge on any atom is 0.326 e. The summed E-state index contributed by atoms with van der Waals surface area (Å²) in [5, 5.41) is 17.4. The van der Waals surface area contributed by atoms with Crippen LogP contribution in [0.25, 0.3) is 0 Å². The van der Waals surface area contributed by atoms with Crippen molar-refractivity contribution in [1.29, 1.82) is 0 Å². The lowest BCUT2D eigenvalue weighted by Crippen LogP contribution is -2.62. The number of rotatable bonds is 9. The van der Waals surface area contributed by atoms with Crippen molar-refractivity contribution in [3.63, 3.8) is 0 Å². The molecule has 0 aromatic rings. The van der Waals surface area contributed by atoms with Crippen LogP contribution in [0.15, 0.2) is 0 Å². The van der Waals surface area contributed by atoms with Crippen molar-refractivity contribution in [2.24, 2.45) is 39.7 Å². The maximum atomic E-state index is 14.0. The number of fused-ring (bicyclic) bond motifs is 1. The van der Waals surface area contributed by atoms with Crippen molar-refractivity contribution < 1.29 is 33.9 Å². The molecule has 3 fully saturated rings. The number of ketones is 1. The van der Waals surface area contributed by atoms with E-state index in [0.29, 0.717) is 19.4 Å². The third-order valence-electron chi connectivity index (χ3n) is 8.45. The number of hydrogen-bond donors (Lipinski definition) is 5. The van der Waals surface area contributed by atoms with E-state index in [1.54, 1.807) is 41.5 Å². The number of nitrogens with two attached hydrogens (primary N) is 1. The van der Waals surface area contributed by atoms with E-state index in [1.807, 2.05) is 13.8 Å². The van der Waals surface area contributed by atoms with Gasteiger partial charge >= 0.3 is 12.0 Å². The molecule has 0 radical (unpaired) electrons. The molecular weight excluding hydrogens is 506 g/mol. The van der Waals surface area contributed by atoms with E-state index in [1.165, 1.54) is 4.90 Å². The molecule has 39 heavy (non-hydrogen) atoms. The zero-order valence-electron chi connectivity index (χ0n) is 24.1. The highest BCUT2D eigenvalue weighted by molar-refractivity contribution is 6.38. The normalized spacial score (nSPS) is 25.9. The van der Waals surface area contributed by atoms with E-state index < -0.39 is 70.5 Å². The van der Waals surface area contributed by atoms with Gasteiger partial charge in [-0.15, -0.1) is 0 Å². The quantitative estimate of drug-likeness (QED) is 0.261. The van der Waals surface area contributed by atoms with Crippen LogP contribution in [0.1, 0.15) is 68.2 Å². The largest absolute Gasteiger partial charge is 0.480 e. The molecule has 2 aliphatic carbocycles. The minimum absolute atomic E-state index is 0.0511. The molecule has 3 rings (SSSR count). The number of carbonyl (C=O) groups excluding carboxylic acids is 5. The van der Waals surface area contributed by atoms with Gasteiger partial charge in [0.15, 0.2) is 0 Å². The Labute approximate surface area is 229 Å². The van der Waals surface area contributed by atoms with E-state index in [2.05, 4.69) is 16.0 Å². The predicted molar refractivity (Wildman–Crippen MR) is 141 cm³/mol. The van der Waals surface area contributed by atoms with Gasteiger partial charge in [-0.1, -0.05) is 55.4 Å². The number of nitrogens with zero attached hydrogens (tertiary/aromatic N) is 1. The summed E-state index contributed by atoms with van der Waals surface area (Å²) < 4.78 is 0. The number of likely N-dealkylation sites (tertiary alicyclic amines) is 1. The molecule has 1 unspecified atom stereocenters. The van der Waals surface area contributed by atoms with Crippen molar-refractivity contribution in [3.05, 3.63) is 0 Å². The van der Waals surface area contributed by atoms with Crippen molar-refractivity contribution in [2.75, 3.05) is 6.54 Å². The number of amides is 5. The monoisotopic (exact) mass is 549 g/mol. The molecule has 0 aromatic carbocycles. The van der Waals surface area contributed by atoms with Crippen LogP contribution in [0.2, 0.25) is 0 Å². The number of urea groups is 1. The van der Waals surface area contributed by atoms with Gasteiger partial charge in [0.25, 0.3) is 5.91 Å². The Kier molecular flexibility index (Phi) is 7.86. The maximum absolute atomic E-state index is 14.0. The molecule has 2 saturated carbocycles. The number of carbonyl (C=O) groups is 6. The van der Waals surface area contributed by atoms with Gasteiger partial charge in [-0.3, -0.25) is 19.2 Å². The summed E-state index contributed by atoms with van der Waals surface area (Å²) in [6.07, 6.45) is 1.37. The molecule has 1 heterocycles. The van der Waals surface area contributed by atoms with Crippen LogP contribution in [0, 0.1) is 34.0 Å². The molecule has 0 spiro atoms. The lowest BCUT2D eigenvalue weighted by Gasteiger charge is -2.38. The second-order valence-electron chi connectivity index (χ2n) is 14.0. The molecule has 218 valence electrons. The molecule has 3 aliphatic rings. The zero-order chi connectivity index (χ0) is 29.8. The number of hydrogen-bond acceptors (Lipinski definition) is 6. The third-order valence-corrected chi connectivity index (χ3v) is 8.45. The van der Waals surface area contributed by atoms with Gasteiger partial charge in [0, 0.05) is 6.54 Å². The molecule has 6 N–H and O–H groups in total. The van der Waals surface area contributed by atoms with Crippen molar-refractivity contribution in [3.8, 4) is 0 Å². The minimum atomic E-state index is -1.20. The first-order valence-electron chi connectivity index (χ1n) is 13.4. The van der Waals surface area contributed by atoms with Crippen LogP contribution < -0.4 is 21.7 Å². The Bertz CT molecular complexity index is 1070. The molecule has 0 aromatic heterocycles. The van der Waals surface area contributed by atoms with E-state index in [4.69, 9.17) is 5.73 Å². The Hall–Kier alpha value is -3.18. The van der Waals surface area contributed by atoms with Crippen LogP contribution in [-0.4, -0.2) is 76.2 Å². The average Bonchev–Trinajstić information content (AvgIpc) is 3.65. The van der Waals surface area contributed by atoms with E-state index in [9.17, 15) is 33.9 Å². The van der Waals surface area contributed by atoms with Crippen molar-refractivity contribution in [1.82, 2.24) is 20.9 Å². The topological polar surface area (TPSA) is 188 Å². The second-order valence-corrected chi connectivity index (χ2v) is 14.0. The van der Waals surface area contributed by atoms with Gasteiger partial charge in [-0.05, 0) is 46.8 Å². The van der Waals surface area contributed by atoms with Crippen LogP contribution in [0.4, 0.5) is 4.79 Å². The van der Waals surface area contributed by atoms with Crippen molar-refractivity contribution in [2.45, 2.75) is 92.4 Å². The fourth-order valence-electron chi connectivity index (χ4n) is 5.80. The molecule has 5 amide bonds. The molecular formula is C27H43N5O7. The number of carboxylic acids is 1. The van der Waals surface area contributed by atoms with Crippen LogP contribution >= 0.6 is 0 Å². The Morgan fingerprint density at radius 3 is 1.85 bits per heavy atom. The summed E-state index contributed by atoms with van der Waals surface area (Å²) in [4.78, 5) is 77.7. The Morgan fingerprint density at radius 2 is 1.41 bits per heavy atom. The van der Waals surface area contributed by atoms with Crippen molar-refractivity contribution >= 4 is 35.5 Å². The number of primary amides is 1. The first-order chi connectivity index (χ1) is 17.7. The summed E-state index contributed by atoms with van der Waals surface area (Å²) in [5.41, 5.74) is 3.45. The predicted octanol–water partition coefficient (Wildman–Crippen LogP) is 0.632. The number of piperidine rings is 1. The zero-order valence-corrected chi connectivity index (χ0v) is 24.1. The summed E-state index contributed by atoms with van der Waals surface area (Å²) in [6, 6.07) is -5.00. The van der Waals surface area contributed by atoms with Gasteiger partial charge in [0.05, 0.1) is 0 Å². The number of Topliss-reactive ketones (excluding diaryl/α,β-unsaturated/α-hetero) is 1. The molecule has 12 nitrogen and oxygen atoms in total.